The summed E-state index contributed by atoms with van der Waals surface area (Å²) in [7, 11) is 1.36. The molecule has 1 saturated heterocycles. The van der Waals surface area contributed by atoms with E-state index in [2.05, 4.69) is 10.1 Å². The van der Waals surface area contributed by atoms with Gasteiger partial charge in [0, 0.05) is 24.2 Å². The minimum atomic E-state index is -0.326. The average Bonchev–Trinajstić information content (AvgIpc) is 2.57. The van der Waals surface area contributed by atoms with Crippen LogP contribution in [0.2, 0.25) is 10.0 Å². The molecule has 1 aromatic rings. The van der Waals surface area contributed by atoms with E-state index in [1.54, 1.807) is 23.1 Å². The Morgan fingerprint density at radius 3 is 2.62 bits per heavy atom. The van der Waals surface area contributed by atoms with Crippen LogP contribution in [0.5, 0.6) is 5.75 Å². The maximum Gasteiger partial charge on any atom is 0.409 e. The molecule has 0 atom stereocenters. The number of rotatable bonds is 5. The lowest BCUT2D eigenvalue weighted by atomic mass is 10.1. The van der Waals surface area contributed by atoms with Gasteiger partial charge in [0.05, 0.1) is 25.2 Å². The van der Waals surface area contributed by atoms with Gasteiger partial charge in [-0.1, -0.05) is 23.2 Å². The Balaban J connectivity index is 1.68. The molecule has 24 heavy (non-hydrogen) atoms. The first kappa shape index (κ1) is 18.7. The summed E-state index contributed by atoms with van der Waals surface area (Å²) >= 11 is 11.8. The number of hydrogen-bond acceptors (Lipinski definition) is 4. The standard InChI is InChI=1S/C16H20Cl2N2O4/c1-23-16(22)20-7-4-12(5-8-20)19-15(21)6-9-24-14-3-2-11(17)10-13(14)18/h2-3,10,12H,4-9H2,1H3,(H,19,21). The zero-order valence-corrected chi connectivity index (χ0v) is 14.9. The Hall–Kier alpha value is -1.66. The summed E-state index contributed by atoms with van der Waals surface area (Å²) in [6, 6.07) is 5.01. The highest BCUT2D eigenvalue weighted by Gasteiger charge is 2.24. The van der Waals surface area contributed by atoms with E-state index in [0.717, 1.165) is 0 Å². The number of hydrogen-bond donors (Lipinski definition) is 1. The second-order valence-corrected chi connectivity index (χ2v) is 6.32. The molecule has 6 nitrogen and oxygen atoms in total. The molecule has 0 bridgehead atoms. The lowest BCUT2D eigenvalue weighted by molar-refractivity contribution is -0.122. The van der Waals surface area contributed by atoms with Gasteiger partial charge in [-0.3, -0.25) is 4.79 Å². The number of likely N-dealkylation sites (tertiary alicyclic amines) is 1. The topological polar surface area (TPSA) is 67.9 Å². The monoisotopic (exact) mass is 374 g/mol. The average molecular weight is 375 g/mol. The molecule has 0 spiro atoms. The van der Waals surface area contributed by atoms with Crippen LogP contribution in [0.3, 0.4) is 0 Å². The van der Waals surface area contributed by atoms with Crippen LogP contribution in [0.15, 0.2) is 18.2 Å². The second kappa shape index (κ2) is 8.99. The fraction of sp³-hybridized carbons (Fsp3) is 0.500. The van der Waals surface area contributed by atoms with Crippen LogP contribution in [0.1, 0.15) is 19.3 Å². The number of piperidine rings is 1. The van der Waals surface area contributed by atoms with Gasteiger partial charge in [0.1, 0.15) is 5.75 Å². The minimum Gasteiger partial charge on any atom is -0.491 e. The van der Waals surface area contributed by atoms with Gasteiger partial charge >= 0.3 is 6.09 Å². The molecule has 0 aliphatic carbocycles. The molecule has 1 aromatic carbocycles. The van der Waals surface area contributed by atoms with E-state index in [1.807, 2.05) is 0 Å². The highest BCUT2D eigenvalue weighted by atomic mass is 35.5. The number of halogens is 2. The molecule has 1 aliphatic heterocycles. The zero-order valence-electron chi connectivity index (χ0n) is 13.4. The van der Waals surface area contributed by atoms with Crippen LogP contribution in [0.4, 0.5) is 4.79 Å². The molecule has 0 radical (unpaired) electrons. The summed E-state index contributed by atoms with van der Waals surface area (Å²) < 4.78 is 10.2. The van der Waals surface area contributed by atoms with Crippen molar-refractivity contribution in [2.45, 2.75) is 25.3 Å². The molecule has 8 heteroatoms. The molecule has 1 aliphatic rings. The SMILES string of the molecule is COC(=O)N1CCC(NC(=O)CCOc2ccc(Cl)cc2Cl)CC1. The molecule has 2 amide bonds. The van der Waals surface area contributed by atoms with Crippen molar-refractivity contribution in [2.24, 2.45) is 0 Å². The Morgan fingerprint density at radius 1 is 1.29 bits per heavy atom. The van der Waals surface area contributed by atoms with Crippen molar-refractivity contribution in [3.05, 3.63) is 28.2 Å². The molecule has 1 N–H and O–H groups in total. The van der Waals surface area contributed by atoms with Crippen LogP contribution in [0, 0.1) is 0 Å². The molecule has 132 valence electrons. The normalized spacial score (nSPS) is 15.0. The third kappa shape index (κ3) is 5.46. The van der Waals surface area contributed by atoms with Gasteiger partial charge in [0.15, 0.2) is 0 Å². The lowest BCUT2D eigenvalue weighted by Crippen LogP contribution is -2.46. The number of carbonyl (C=O) groups is 2. The van der Waals surface area contributed by atoms with Crippen molar-refractivity contribution < 1.29 is 19.1 Å². The van der Waals surface area contributed by atoms with E-state index in [-0.39, 0.29) is 31.1 Å². The highest BCUT2D eigenvalue weighted by Crippen LogP contribution is 2.27. The Bertz CT molecular complexity index is 589. The van der Waals surface area contributed by atoms with Crippen molar-refractivity contribution in [1.29, 1.82) is 0 Å². The smallest absolute Gasteiger partial charge is 0.409 e. The molecular formula is C16H20Cl2N2O4. The molecule has 1 fully saturated rings. The van der Waals surface area contributed by atoms with Gasteiger partial charge < -0.3 is 19.7 Å². The van der Waals surface area contributed by atoms with Crippen molar-refractivity contribution >= 4 is 35.2 Å². The molecule has 0 saturated carbocycles. The zero-order chi connectivity index (χ0) is 17.5. The van der Waals surface area contributed by atoms with Gasteiger partial charge in [-0.25, -0.2) is 4.79 Å². The predicted molar refractivity (Wildman–Crippen MR) is 91.7 cm³/mol. The van der Waals surface area contributed by atoms with E-state index in [0.29, 0.717) is 41.7 Å². The molecule has 2 rings (SSSR count). The van der Waals surface area contributed by atoms with Gasteiger partial charge in [-0.05, 0) is 31.0 Å². The van der Waals surface area contributed by atoms with Gasteiger partial charge in [0.2, 0.25) is 5.91 Å². The van der Waals surface area contributed by atoms with E-state index >= 15 is 0 Å². The summed E-state index contributed by atoms with van der Waals surface area (Å²) in [5.41, 5.74) is 0. The van der Waals surface area contributed by atoms with Crippen molar-refractivity contribution in [3.8, 4) is 5.75 Å². The third-order valence-corrected chi connectivity index (χ3v) is 4.30. The predicted octanol–water partition coefficient (Wildman–Crippen LogP) is 3.11. The van der Waals surface area contributed by atoms with Gasteiger partial charge in [-0.15, -0.1) is 0 Å². The first-order valence-corrected chi connectivity index (χ1v) is 8.45. The summed E-state index contributed by atoms with van der Waals surface area (Å²) in [5.74, 6) is 0.414. The number of methoxy groups -OCH3 is 1. The lowest BCUT2D eigenvalue weighted by Gasteiger charge is -2.31. The van der Waals surface area contributed by atoms with E-state index < -0.39 is 0 Å². The number of benzene rings is 1. The number of nitrogens with zero attached hydrogens (tertiary/aromatic N) is 1. The Morgan fingerprint density at radius 2 is 2.00 bits per heavy atom. The van der Waals surface area contributed by atoms with E-state index in [4.69, 9.17) is 27.9 Å². The summed E-state index contributed by atoms with van der Waals surface area (Å²) in [5, 5.41) is 3.90. The first-order chi connectivity index (χ1) is 11.5. The van der Waals surface area contributed by atoms with E-state index in [9.17, 15) is 9.59 Å². The van der Waals surface area contributed by atoms with Crippen LogP contribution in [0.25, 0.3) is 0 Å². The molecule has 1 heterocycles. The quantitative estimate of drug-likeness (QED) is 0.859. The molecular weight excluding hydrogens is 355 g/mol. The van der Waals surface area contributed by atoms with Crippen LogP contribution in [-0.2, 0) is 9.53 Å². The Labute approximate surface area is 151 Å². The summed E-state index contributed by atoms with van der Waals surface area (Å²) in [6.07, 6.45) is 1.33. The van der Waals surface area contributed by atoms with Crippen LogP contribution in [-0.4, -0.2) is 49.7 Å². The number of amides is 2. The van der Waals surface area contributed by atoms with Gasteiger partial charge in [0.25, 0.3) is 0 Å². The van der Waals surface area contributed by atoms with Crippen molar-refractivity contribution in [2.75, 3.05) is 26.8 Å². The van der Waals surface area contributed by atoms with Gasteiger partial charge in [-0.2, -0.15) is 0 Å². The van der Waals surface area contributed by atoms with E-state index in [1.165, 1.54) is 7.11 Å². The fourth-order valence-corrected chi connectivity index (χ4v) is 2.94. The summed E-state index contributed by atoms with van der Waals surface area (Å²) in [6.45, 7) is 1.39. The largest absolute Gasteiger partial charge is 0.491 e. The maximum absolute atomic E-state index is 12.0. The number of nitrogens with one attached hydrogen (secondary N) is 1. The maximum atomic E-state index is 12.0. The molecule has 0 aromatic heterocycles. The highest BCUT2D eigenvalue weighted by molar-refractivity contribution is 6.35. The van der Waals surface area contributed by atoms with Crippen LogP contribution < -0.4 is 10.1 Å². The number of ether oxygens (including phenoxy) is 2. The molecule has 0 unspecified atom stereocenters. The summed E-state index contributed by atoms with van der Waals surface area (Å²) in [4.78, 5) is 25.0. The minimum absolute atomic E-state index is 0.0672. The third-order valence-electron chi connectivity index (χ3n) is 3.77. The van der Waals surface area contributed by atoms with Crippen LogP contribution >= 0.6 is 23.2 Å². The first-order valence-electron chi connectivity index (χ1n) is 7.69. The Kier molecular flexibility index (Phi) is 6.99. The number of carbonyl (C=O) groups excluding carboxylic acids is 2. The fourth-order valence-electron chi connectivity index (χ4n) is 2.48. The second-order valence-electron chi connectivity index (χ2n) is 5.47. The van der Waals surface area contributed by atoms with Crippen molar-refractivity contribution in [3.63, 3.8) is 0 Å². The van der Waals surface area contributed by atoms with Crippen molar-refractivity contribution in [1.82, 2.24) is 10.2 Å².